The lowest BCUT2D eigenvalue weighted by Crippen LogP contribution is -1.52. The highest BCUT2D eigenvalue weighted by Crippen LogP contribution is 1.65. The highest BCUT2D eigenvalue weighted by Gasteiger charge is 1.45. The maximum Gasteiger partial charge on any atom is 0.0829 e. The fourth-order valence-corrected chi connectivity index (χ4v) is 0.0680. The van der Waals surface area contributed by atoms with Gasteiger partial charge in [-0.05, 0) is 0 Å². The van der Waals surface area contributed by atoms with Crippen molar-refractivity contribution in [3.8, 4) is 0 Å². The Morgan fingerprint density at radius 2 is 1.11 bits per heavy atom. The summed E-state index contributed by atoms with van der Waals surface area (Å²) < 4.78 is 4.36. The van der Waals surface area contributed by atoms with E-state index in [1.54, 1.807) is 12.2 Å². The first-order valence-corrected chi connectivity index (χ1v) is 2.44. The zero-order valence-electron chi connectivity index (χ0n) is 5.55. The molecule has 9 heavy (non-hydrogen) atoms. The molecule has 50 valence electrons. The molecule has 0 N–H and O–H groups in total. The van der Waals surface area contributed by atoms with Crippen molar-refractivity contribution in [2.24, 2.45) is 0 Å². The quantitative estimate of drug-likeness (QED) is 0.415. The third kappa shape index (κ3) is 49.4. The predicted octanol–water partition coefficient (Wildman–Crippen LogP) is 2.65. The summed E-state index contributed by atoms with van der Waals surface area (Å²) in [6.45, 7) is 13.2. The van der Waals surface area contributed by atoms with E-state index in [0.717, 1.165) is 0 Å². The van der Waals surface area contributed by atoms with E-state index in [-0.39, 0.29) is 0 Å². The second kappa shape index (κ2) is 15.9. The van der Waals surface area contributed by atoms with Gasteiger partial charge in [-0.15, -0.1) is 0 Å². The normalized spacial score (nSPS) is 5.33. The van der Waals surface area contributed by atoms with Gasteiger partial charge < -0.3 is 4.74 Å². The Balaban J connectivity index is 0. The fourth-order valence-electron chi connectivity index (χ4n) is 0.0680. The van der Waals surface area contributed by atoms with Crippen LogP contribution < -0.4 is 0 Å². The minimum Gasteiger partial charge on any atom is -0.474 e. The van der Waals surface area contributed by atoms with Crippen molar-refractivity contribution in [1.82, 2.24) is 0 Å². The molecule has 1 heteroatoms. The van der Waals surface area contributed by atoms with Crippen LogP contribution in [-0.2, 0) is 4.74 Å². The van der Waals surface area contributed by atoms with Crippen LogP contribution in [0.1, 0.15) is 0 Å². The van der Waals surface area contributed by atoms with Crippen LogP contribution in [0, 0.1) is 0 Å². The van der Waals surface area contributed by atoms with Gasteiger partial charge in [-0.2, -0.15) is 0 Å². The van der Waals surface area contributed by atoms with Crippen LogP contribution in [0.4, 0.5) is 0 Å². The summed E-state index contributed by atoms with van der Waals surface area (Å²) in [5.74, 6) is 0. The molecule has 0 heterocycles. The Bertz CT molecular complexity index is 80.7. The molecule has 0 aliphatic rings. The van der Waals surface area contributed by atoms with Crippen LogP contribution in [0.25, 0.3) is 0 Å². The molecule has 0 aromatic heterocycles. The van der Waals surface area contributed by atoms with Crippen molar-refractivity contribution in [3.63, 3.8) is 0 Å². The Morgan fingerprint density at radius 3 is 1.11 bits per heavy atom. The largest absolute Gasteiger partial charge is 0.474 e. The van der Waals surface area contributed by atoms with E-state index in [1.165, 1.54) is 12.5 Å². The summed E-state index contributed by atoms with van der Waals surface area (Å²) in [5.41, 5.74) is 0. The summed E-state index contributed by atoms with van der Waals surface area (Å²) >= 11 is 0. The molecule has 0 radical (unpaired) electrons. The Hall–Kier alpha value is -1.24. The standard InChI is InChI=1S/C4H6O.C4H6/c1-3-5-4-2;1-3-4-2/h3-4H,1-2H2;3-4H,1-2H2. The number of hydrogen-bond donors (Lipinski definition) is 0. The summed E-state index contributed by atoms with van der Waals surface area (Å²) in [6.07, 6.45) is 5.90. The maximum atomic E-state index is 4.36. The summed E-state index contributed by atoms with van der Waals surface area (Å²) in [5, 5.41) is 0. The number of allylic oxidation sites excluding steroid dienone is 2. The Labute approximate surface area is 56.7 Å². The van der Waals surface area contributed by atoms with Gasteiger partial charge in [0.25, 0.3) is 0 Å². The van der Waals surface area contributed by atoms with Gasteiger partial charge in [0.05, 0.1) is 12.5 Å². The average molecular weight is 124 g/mol. The van der Waals surface area contributed by atoms with Crippen molar-refractivity contribution in [3.05, 3.63) is 51.0 Å². The monoisotopic (exact) mass is 124 g/mol. The van der Waals surface area contributed by atoms with Crippen LogP contribution in [0.3, 0.4) is 0 Å². The van der Waals surface area contributed by atoms with Gasteiger partial charge in [0.2, 0.25) is 0 Å². The molecule has 0 aliphatic carbocycles. The topological polar surface area (TPSA) is 9.23 Å². The van der Waals surface area contributed by atoms with Gasteiger partial charge in [0, 0.05) is 0 Å². The molecule has 0 bridgehead atoms. The average Bonchev–Trinajstić information content (AvgIpc) is 1.91. The van der Waals surface area contributed by atoms with E-state index in [4.69, 9.17) is 0 Å². The number of ether oxygens (including phenoxy) is 1. The van der Waals surface area contributed by atoms with Gasteiger partial charge in [-0.1, -0.05) is 38.5 Å². The molecule has 0 unspecified atom stereocenters. The number of hydrogen-bond acceptors (Lipinski definition) is 1. The van der Waals surface area contributed by atoms with E-state index < -0.39 is 0 Å². The highest BCUT2D eigenvalue weighted by molar-refractivity contribution is 4.88. The summed E-state index contributed by atoms with van der Waals surface area (Å²) in [7, 11) is 0. The second-order valence-corrected chi connectivity index (χ2v) is 0.941. The third-order valence-corrected chi connectivity index (χ3v) is 0.359. The van der Waals surface area contributed by atoms with E-state index >= 15 is 0 Å². The number of rotatable bonds is 3. The summed E-state index contributed by atoms with van der Waals surface area (Å²) in [6, 6.07) is 0. The Morgan fingerprint density at radius 1 is 0.778 bits per heavy atom. The van der Waals surface area contributed by atoms with Crippen molar-refractivity contribution in [2.75, 3.05) is 0 Å². The molecular weight excluding hydrogens is 112 g/mol. The molecule has 0 atom stereocenters. The van der Waals surface area contributed by atoms with Crippen molar-refractivity contribution < 1.29 is 4.74 Å². The van der Waals surface area contributed by atoms with Crippen LogP contribution >= 0.6 is 0 Å². The van der Waals surface area contributed by atoms with Gasteiger partial charge in [-0.25, -0.2) is 0 Å². The fraction of sp³-hybridized carbons (Fsp3) is 0. The molecule has 0 fully saturated rings. The van der Waals surface area contributed by atoms with Gasteiger partial charge in [0.15, 0.2) is 0 Å². The van der Waals surface area contributed by atoms with E-state index in [9.17, 15) is 0 Å². The van der Waals surface area contributed by atoms with Crippen LogP contribution in [0.2, 0.25) is 0 Å². The molecule has 0 spiro atoms. The lowest BCUT2D eigenvalue weighted by Gasteiger charge is -1.76. The summed E-state index contributed by atoms with van der Waals surface area (Å²) in [4.78, 5) is 0. The van der Waals surface area contributed by atoms with E-state index in [2.05, 4.69) is 31.1 Å². The zero-order chi connectivity index (χ0) is 7.54. The molecule has 0 aliphatic heterocycles. The smallest absolute Gasteiger partial charge is 0.0829 e. The molecule has 0 aromatic rings. The molecule has 0 saturated carbocycles. The molecule has 0 amide bonds. The highest BCUT2D eigenvalue weighted by atomic mass is 16.5. The second-order valence-electron chi connectivity index (χ2n) is 0.941. The lowest BCUT2D eigenvalue weighted by molar-refractivity contribution is 0.406. The molecule has 0 aromatic carbocycles. The Kier molecular flexibility index (Phi) is 18.8. The van der Waals surface area contributed by atoms with Crippen molar-refractivity contribution in [1.29, 1.82) is 0 Å². The first kappa shape index (κ1) is 10.7. The predicted molar refractivity (Wildman–Crippen MR) is 41.9 cm³/mol. The molecule has 1 nitrogen and oxygen atoms in total. The van der Waals surface area contributed by atoms with Gasteiger partial charge in [0.1, 0.15) is 0 Å². The SMILES string of the molecule is C=CC=C.C=COC=C. The minimum atomic E-state index is 1.31. The maximum absolute atomic E-state index is 4.36. The van der Waals surface area contributed by atoms with Crippen molar-refractivity contribution >= 4 is 0 Å². The minimum absolute atomic E-state index is 1.31. The van der Waals surface area contributed by atoms with Crippen LogP contribution in [0.15, 0.2) is 51.0 Å². The zero-order valence-corrected chi connectivity index (χ0v) is 5.55. The molecular formula is C8H12O. The van der Waals surface area contributed by atoms with Gasteiger partial charge in [-0.3, -0.25) is 0 Å². The van der Waals surface area contributed by atoms with E-state index in [0.29, 0.717) is 0 Å². The van der Waals surface area contributed by atoms with E-state index in [1.807, 2.05) is 0 Å². The third-order valence-electron chi connectivity index (χ3n) is 0.359. The van der Waals surface area contributed by atoms with Crippen molar-refractivity contribution in [2.45, 2.75) is 0 Å². The lowest BCUT2D eigenvalue weighted by atomic mass is 10.6. The van der Waals surface area contributed by atoms with Gasteiger partial charge >= 0.3 is 0 Å². The molecule has 0 saturated heterocycles. The van der Waals surface area contributed by atoms with Crippen LogP contribution in [-0.4, -0.2) is 0 Å². The first-order valence-electron chi connectivity index (χ1n) is 2.44. The van der Waals surface area contributed by atoms with Crippen LogP contribution in [0.5, 0.6) is 0 Å². The first-order chi connectivity index (χ1) is 4.33. The molecule has 0 rings (SSSR count).